The molecular weight excluding hydrogens is 578 g/mol. The molecule has 0 aliphatic rings. The third-order valence-corrected chi connectivity index (χ3v) is 8.29. The molecule has 0 aliphatic carbocycles. The lowest BCUT2D eigenvalue weighted by molar-refractivity contribution is -0.136. The summed E-state index contributed by atoms with van der Waals surface area (Å²) in [6, 6.07) is 26.1. The van der Waals surface area contributed by atoms with Crippen molar-refractivity contribution in [3.05, 3.63) is 106 Å². The monoisotopic (exact) mass is 611 g/mol. The highest BCUT2D eigenvalue weighted by Crippen LogP contribution is 2.41. The van der Waals surface area contributed by atoms with Gasteiger partial charge in [-0.1, -0.05) is 54.1 Å². The number of halogens is 1. The van der Waals surface area contributed by atoms with Gasteiger partial charge in [0.2, 0.25) is 0 Å². The number of carbonyl (C=O) groups is 1. The molecule has 0 saturated heterocycles. The number of thiazole rings is 1. The number of rotatable bonds is 6. The Morgan fingerprint density at radius 1 is 0.930 bits per heavy atom. The number of hydrogen-bond acceptors (Lipinski definition) is 5. The van der Waals surface area contributed by atoms with Crippen LogP contribution in [0.3, 0.4) is 0 Å². The largest absolute Gasteiger partial charge is 0.481 e. The molecule has 4 aromatic carbocycles. The minimum Gasteiger partial charge on any atom is -0.481 e. The van der Waals surface area contributed by atoms with Crippen molar-refractivity contribution < 1.29 is 15.0 Å². The molecule has 0 saturated carbocycles. The van der Waals surface area contributed by atoms with Crippen molar-refractivity contribution in [3.63, 3.8) is 0 Å². The molecule has 6 rings (SSSR count). The van der Waals surface area contributed by atoms with Gasteiger partial charge in [0.05, 0.1) is 34.3 Å². The Hall–Kier alpha value is -4.04. The first-order valence-electron chi connectivity index (χ1n) is 14.0. The van der Waals surface area contributed by atoms with Gasteiger partial charge in [-0.15, -0.1) is 11.3 Å². The third-order valence-electron chi connectivity index (χ3n) is 6.90. The van der Waals surface area contributed by atoms with E-state index in [1.165, 1.54) is 5.56 Å². The summed E-state index contributed by atoms with van der Waals surface area (Å²) in [5.41, 5.74) is 8.19. The maximum atomic E-state index is 11.8. The highest BCUT2D eigenvalue weighted by atomic mass is 35.5. The van der Waals surface area contributed by atoms with E-state index in [-0.39, 0.29) is 6.42 Å². The van der Waals surface area contributed by atoms with Crippen molar-refractivity contribution in [1.82, 2.24) is 14.8 Å². The minimum atomic E-state index is -0.860. The summed E-state index contributed by atoms with van der Waals surface area (Å²) in [6.07, 6.45) is -0.0568. The van der Waals surface area contributed by atoms with Gasteiger partial charge in [-0.2, -0.15) is 5.10 Å². The second-order valence-electron chi connectivity index (χ2n) is 11.6. The normalized spacial score (nSPS) is 11.5. The third kappa shape index (κ3) is 7.13. The molecule has 220 valence electrons. The molecule has 2 N–H and O–H groups in total. The Morgan fingerprint density at radius 3 is 2.23 bits per heavy atom. The fourth-order valence-corrected chi connectivity index (χ4v) is 6.22. The first kappa shape index (κ1) is 30.4. The summed E-state index contributed by atoms with van der Waals surface area (Å²) in [5.74, 6) is -0.860. The van der Waals surface area contributed by atoms with Crippen LogP contribution >= 0.6 is 22.9 Å². The first-order chi connectivity index (χ1) is 20.4. The average Bonchev–Trinajstić information content (AvgIpc) is 3.49. The molecule has 2 heterocycles. The molecule has 0 amide bonds. The van der Waals surface area contributed by atoms with Crippen molar-refractivity contribution in [2.45, 2.75) is 53.2 Å². The number of aliphatic carboxylic acids is 1. The minimum absolute atomic E-state index is 0.0568. The summed E-state index contributed by atoms with van der Waals surface area (Å²) in [6.45, 7) is 9.99. The molecule has 0 spiro atoms. The van der Waals surface area contributed by atoms with E-state index in [0.717, 1.165) is 59.6 Å². The summed E-state index contributed by atoms with van der Waals surface area (Å²) < 4.78 is 3.02. The van der Waals surface area contributed by atoms with Gasteiger partial charge in [0.15, 0.2) is 0 Å². The molecule has 2 aromatic heterocycles. The van der Waals surface area contributed by atoms with Gasteiger partial charge in [0, 0.05) is 27.2 Å². The summed E-state index contributed by atoms with van der Waals surface area (Å²) in [7, 11) is 0. The molecule has 0 aliphatic heterocycles. The zero-order valence-corrected chi connectivity index (χ0v) is 26.4. The summed E-state index contributed by atoms with van der Waals surface area (Å²) in [5, 5.41) is 25.6. The van der Waals surface area contributed by atoms with Crippen molar-refractivity contribution >= 4 is 50.0 Å². The average molecular weight is 612 g/mol. The van der Waals surface area contributed by atoms with Crippen LogP contribution in [-0.4, -0.2) is 36.5 Å². The molecule has 8 heteroatoms. The summed E-state index contributed by atoms with van der Waals surface area (Å²) >= 11 is 7.74. The SMILES string of the molecule is CC(C)(C)O.Cc1cc2nc(-c3ccc4nn(Cc5ccccc5)c(C)c4c3)sc2c(-c2ccc(Cl)cc2)c1CC(=O)O. The van der Waals surface area contributed by atoms with Crippen LogP contribution in [0.1, 0.15) is 43.2 Å². The number of carboxylic acids is 1. The molecule has 0 radical (unpaired) electrons. The lowest BCUT2D eigenvalue weighted by Crippen LogP contribution is -2.10. The molecule has 0 atom stereocenters. The predicted molar refractivity (Wildman–Crippen MR) is 177 cm³/mol. The molecule has 0 unspecified atom stereocenters. The Bertz CT molecular complexity index is 1910. The van der Waals surface area contributed by atoms with E-state index in [2.05, 4.69) is 31.2 Å². The standard InChI is InChI=1S/C31H24ClN3O2S.C4H10O/c1-18-14-27-30(29(24(18)16-28(36)37)21-8-11-23(32)12-9-21)38-31(33-27)22-10-13-26-25(15-22)19(2)35(34-26)17-20-6-4-3-5-7-20;1-4(2,3)5/h3-15H,16-17H2,1-2H3,(H,36,37);5H,1-3H3. The van der Waals surface area contributed by atoms with Gasteiger partial charge in [-0.25, -0.2) is 4.98 Å². The van der Waals surface area contributed by atoms with Gasteiger partial charge in [-0.3, -0.25) is 9.48 Å². The van der Waals surface area contributed by atoms with Gasteiger partial charge in [0.1, 0.15) is 5.01 Å². The van der Waals surface area contributed by atoms with E-state index in [1.54, 1.807) is 32.1 Å². The van der Waals surface area contributed by atoms with Crippen molar-refractivity contribution in [1.29, 1.82) is 0 Å². The van der Waals surface area contributed by atoms with Crippen LogP contribution in [0.25, 0.3) is 42.8 Å². The van der Waals surface area contributed by atoms with E-state index in [1.807, 2.05) is 66.2 Å². The number of hydrogen-bond donors (Lipinski definition) is 2. The Labute approximate surface area is 260 Å². The first-order valence-corrected chi connectivity index (χ1v) is 15.2. The van der Waals surface area contributed by atoms with E-state index >= 15 is 0 Å². The van der Waals surface area contributed by atoms with Crippen LogP contribution in [0.4, 0.5) is 0 Å². The van der Waals surface area contributed by atoms with Crippen molar-refractivity contribution in [3.8, 4) is 21.7 Å². The number of carboxylic acid groups (broad SMARTS) is 1. The van der Waals surface area contributed by atoms with E-state index in [0.29, 0.717) is 11.6 Å². The topological polar surface area (TPSA) is 88.2 Å². The molecule has 43 heavy (non-hydrogen) atoms. The van der Waals surface area contributed by atoms with Crippen LogP contribution in [0.5, 0.6) is 0 Å². The highest BCUT2D eigenvalue weighted by Gasteiger charge is 2.20. The molecule has 0 bridgehead atoms. The number of aliphatic hydroxyl groups is 1. The van der Waals surface area contributed by atoms with E-state index < -0.39 is 11.6 Å². The van der Waals surface area contributed by atoms with Gasteiger partial charge < -0.3 is 10.2 Å². The number of aryl methyl sites for hydroxylation is 2. The van der Waals surface area contributed by atoms with Crippen LogP contribution in [0.2, 0.25) is 5.02 Å². The fraction of sp³-hybridized carbons (Fsp3) is 0.229. The van der Waals surface area contributed by atoms with Crippen LogP contribution in [0.15, 0.2) is 78.9 Å². The maximum Gasteiger partial charge on any atom is 0.307 e. The van der Waals surface area contributed by atoms with Crippen molar-refractivity contribution in [2.75, 3.05) is 0 Å². The lowest BCUT2D eigenvalue weighted by atomic mass is 9.93. The van der Waals surface area contributed by atoms with E-state index in [4.69, 9.17) is 26.8 Å². The predicted octanol–water partition coefficient (Wildman–Crippen LogP) is 8.70. The van der Waals surface area contributed by atoms with E-state index in [9.17, 15) is 9.90 Å². The Balaban J connectivity index is 0.000000682. The number of benzene rings is 4. The smallest absolute Gasteiger partial charge is 0.307 e. The highest BCUT2D eigenvalue weighted by molar-refractivity contribution is 7.22. The quantitative estimate of drug-likeness (QED) is 0.197. The Kier molecular flexibility index (Phi) is 8.69. The fourth-order valence-electron chi connectivity index (χ4n) is 4.96. The zero-order chi connectivity index (χ0) is 30.9. The number of nitrogens with zero attached hydrogens (tertiary/aromatic N) is 3. The number of fused-ring (bicyclic) bond motifs is 2. The number of aromatic nitrogens is 3. The molecular formula is C35H34ClN3O3S. The summed E-state index contributed by atoms with van der Waals surface area (Å²) in [4.78, 5) is 16.8. The lowest BCUT2D eigenvalue weighted by Gasteiger charge is -2.13. The van der Waals surface area contributed by atoms with Crippen LogP contribution < -0.4 is 0 Å². The molecule has 0 fully saturated rings. The molecule has 6 nitrogen and oxygen atoms in total. The maximum absolute atomic E-state index is 11.8. The van der Waals surface area contributed by atoms with Crippen LogP contribution in [0, 0.1) is 13.8 Å². The van der Waals surface area contributed by atoms with Gasteiger partial charge in [0.25, 0.3) is 0 Å². The molecule has 6 aromatic rings. The van der Waals surface area contributed by atoms with Crippen molar-refractivity contribution in [2.24, 2.45) is 0 Å². The van der Waals surface area contributed by atoms with Crippen LogP contribution in [-0.2, 0) is 17.8 Å². The Morgan fingerprint density at radius 2 is 1.58 bits per heavy atom. The second-order valence-corrected chi connectivity index (χ2v) is 13.1. The van der Waals surface area contributed by atoms with Gasteiger partial charge in [-0.05, 0) is 93.3 Å². The zero-order valence-electron chi connectivity index (χ0n) is 24.9. The second kappa shape index (κ2) is 12.3. The van der Waals surface area contributed by atoms with Gasteiger partial charge >= 0.3 is 5.97 Å².